The van der Waals surface area contributed by atoms with Crippen molar-refractivity contribution in [3.8, 4) is 0 Å². The van der Waals surface area contributed by atoms with Crippen LogP contribution in [0.1, 0.15) is 41.0 Å². The molecule has 106 valence electrons. The second-order valence-corrected chi connectivity index (χ2v) is 5.90. The van der Waals surface area contributed by atoms with Crippen molar-refractivity contribution in [1.29, 1.82) is 0 Å². The maximum Gasteiger partial charge on any atom is 0.239 e. The lowest BCUT2D eigenvalue weighted by molar-refractivity contribution is -0.126. The fraction of sp³-hybridized carbons (Fsp3) is 0.846. The molecule has 0 aliphatic rings. The van der Waals surface area contributed by atoms with Gasteiger partial charge in [0.05, 0.1) is 6.54 Å². The van der Waals surface area contributed by atoms with Crippen molar-refractivity contribution in [1.82, 2.24) is 16.0 Å². The minimum Gasteiger partial charge on any atom is -0.354 e. The average Bonchev–Trinajstić information content (AvgIpc) is 2.21. The van der Waals surface area contributed by atoms with Gasteiger partial charge in [-0.15, -0.1) is 0 Å². The standard InChI is InChI=1S/C13H27N3O2/c1-10(2)8-14-12(18)9-15-11(17)6-7-16-13(3,4)5/h10,16H,6-9H2,1-5H3,(H,14,18)(H,15,17). The lowest BCUT2D eigenvalue weighted by Crippen LogP contribution is -2.41. The van der Waals surface area contributed by atoms with Crippen LogP contribution in [0.2, 0.25) is 0 Å². The van der Waals surface area contributed by atoms with Gasteiger partial charge in [-0.3, -0.25) is 9.59 Å². The van der Waals surface area contributed by atoms with Crippen LogP contribution in [0.4, 0.5) is 0 Å². The van der Waals surface area contributed by atoms with Crippen LogP contribution in [-0.2, 0) is 9.59 Å². The van der Waals surface area contributed by atoms with Crippen molar-refractivity contribution in [3.63, 3.8) is 0 Å². The molecule has 0 rings (SSSR count). The smallest absolute Gasteiger partial charge is 0.239 e. The van der Waals surface area contributed by atoms with Gasteiger partial charge in [0.2, 0.25) is 11.8 Å². The third-order valence-electron chi connectivity index (χ3n) is 2.16. The van der Waals surface area contributed by atoms with Gasteiger partial charge in [-0.05, 0) is 26.7 Å². The third kappa shape index (κ3) is 11.4. The fourth-order valence-corrected chi connectivity index (χ4v) is 1.20. The molecule has 0 saturated heterocycles. The monoisotopic (exact) mass is 257 g/mol. The average molecular weight is 257 g/mol. The fourth-order valence-electron chi connectivity index (χ4n) is 1.20. The second-order valence-electron chi connectivity index (χ2n) is 5.90. The molecular weight excluding hydrogens is 230 g/mol. The van der Waals surface area contributed by atoms with Gasteiger partial charge in [-0.1, -0.05) is 13.8 Å². The van der Waals surface area contributed by atoms with Crippen LogP contribution in [0, 0.1) is 5.92 Å². The van der Waals surface area contributed by atoms with Crippen molar-refractivity contribution in [3.05, 3.63) is 0 Å². The van der Waals surface area contributed by atoms with Gasteiger partial charge in [0.1, 0.15) is 0 Å². The van der Waals surface area contributed by atoms with E-state index in [1.807, 2.05) is 34.6 Å². The van der Waals surface area contributed by atoms with E-state index in [0.717, 1.165) is 0 Å². The number of rotatable bonds is 7. The molecule has 0 radical (unpaired) electrons. The van der Waals surface area contributed by atoms with Crippen LogP contribution in [0.5, 0.6) is 0 Å². The summed E-state index contributed by atoms with van der Waals surface area (Å²) in [5, 5.41) is 8.57. The Morgan fingerprint density at radius 3 is 2.17 bits per heavy atom. The lowest BCUT2D eigenvalue weighted by Gasteiger charge is -2.20. The van der Waals surface area contributed by atoms with Crippen molar-refractivity contribution in [2.24, 2.45) is 5.92 Å². The summed E-state index contributed by atoms with van der Waals surface area (Å²) >= 11 is 0. The maximum absolute atomic E-state index is 11.4. The number of amides is 2. The molecule has 0 aliphatic carbocycles. The topological polar surface area (TPSA) is 70.2 Å². The Morgan fingerprint density at radius 2 is 1.67 bits per heavy atom. The molecule has 0 aromatic carbocycles. The first-order valence-electron chi connectivity index (χ1n) is 6.49. The second kappa shape index (κ2) is 8.08. The van der Waals surface area contributed by atoms with E-state index < -0.39 is 0 Å². The molecule has 2 amide bonds. The predicted octanol–water partition coefficient (Wildman–Crippen LogP) is 0.653. The SMILES string of the molecule is CC(C)CNC(=O)CNC(=O)CCNC(C)(C)C. The number of carbonyl (C=O) groups excluding carboxylic acids is 2. The molecule has 0 spiro atoms. The van der Waals surface area contributed by atoms with Crippen molar-refractivity contribution < 1.29 is 9.59 Å². The Hall–Kier alpha value is -1.10. The molecule has 3 N–H and O–H groups in total. The number of hydrogen-bond donors (Lipinski definition) is 3. The quantitative estimate of drug-likeness (QED) is 0.627. The molecule has 0 unspecified atom stereocenters. The Labute approximate surface area is 110 Å². The largest absolute Gasteiger partial charge is 0.354 e. The van der Waals surface area contributed by atoms with E-state index in [2.05, 4.69) is 16.0 Å². The Bertz CT molecular complexity index is 270. The maximum atomic E-state index is 11.4. The molecule has 0 heterocycles. The molecule has 0 atom stereocenters. The zero-order valence-electron chi connectivity index (χ0n) is 12.2. The molecule has 18 heavy (non-hydrogen) atoms. The number of carbonyl (C=O) groups is 2. The first-order chi connectivity index (χ1) is 8.20. The van der Waals surface area contributed by atoms with Gasteiger partial charge in [0.15, 0.2) is 0 Å². The molecular formula is C13H27N3O2. The molecule has 0 fully saturated rings. The molecule has 5 heteroatoms. The van der Waals surface area contributed by atoms with Gasteiger partial charge in [-0.25, -0.2) is 0 Å². The van der Waals surface area contributed by atoms with Gasteiger partial charge in [0, 0.05) is 25.0 Å². The zero-order chi connectivity index (χ0) is 14.2. The predicted molar refractivity (Wildman–Crippen MR) is 73.2 cm³/mol. The highest BCUT2D eigenvalue weighted by Gasteiger charge is 2.10. The summed E-state index contributed by atoms with van der Waals surface area (Å²) in [6.45, 7) is 11.5. The van der Waals surface area contributed by atoms with Crippen LogP contribution in [0.25, 0.3) is 0 Å². The highest BCUT2D eigenvalue weighted by atomic mass is 16.2. The van der Waals surface area contributed by atoms with Crippen molar-refractivity contribution >= 4 is 11.8 Å². The molecule has 5 nitrogen and oxygen atoms in total. The van der Waals surface area contributed by atoms with E-state index in [4.69, 9.17) is 0 Å². The first-order valence-corrected chi connectivity index (χ1v) is 6.49. The van der Waals surface area contributed by atoms with Crippen molar-refractivity contribution in [2.45, 2.75) is 46.6 Å². The first kappa shape index (κ1) is 16.9. The van der Waals surface area contributed by atoms with Gasteiger partial charge >= 0.3 is 0 Å². The molecule has 0 aliphatic heterocycles. The van der Waals surface area contributed by atoms with Crippen LogP contribution in [0.3, 0.4) is 0 Å². The zero-order valence-corrected chi connectivity index (χ0v) is 12.2. The number of hydrogen-bond acceptors (Lipinski definition) is 3. The normalized spacial score (nSPS) is 11.4. The lowest BCUT2D eigenvalue weighted by atomic mass is 10.1. The highest BCUT2D eigenvalue weighted by molar-refractivity contribution is 5.84. The molecule has 0 aromatic heterocycles. The summed E-state index contributed by atoms with van der Waals surface area (Å²) in [4.78, 5) is 22.8. The third-order valence-corrected chi connectivity index (χ3v) is 2.16. The van der Waals surface area contributed by atoms with Gasteiger partial charge in [-0.2, -0.15) is 0 Å². The Balaban J connectivity index is 3.61. The van der Waals surface area contributed by atoms with E-state index in [1.165, 1.54) is 0 Å². The van der Waals surface area contributed by atoms with E-state index in [9.17, 15) is 9.59 Å². The molecule has 0 saturated carbocycles. The minimum atomic E-state index is -0.138. The summed E-state index contributed by atoms with van der Waals surface area (Å²) in [5.74, 6) is 0.174. The van der Waals surface area contributed by atoms with Crippen LogP contribution in [0.15, 0.2) is 0 Å². The van der Waals surface area contributed by atoms with Crippen LogP contribution >= 0.6 is 0 Å². The van der Waals surface area contributed by atoms with Gasteiger partial charge in [0.25, 0.3) is 0 Å². The summed E-state index contributed by atoms with van der Waals surface area (Å²) in [6.07, 6.45) is 0.384. The van der Waals surface area contributed by atoms with Gasteiger partial charge < -0.3 is 16.0 Å². The highest BCUT2D eigenvalue weighted by Crippen LogP contribution is 1.97. The summed E-state index contributed by atoms with van der Waals surface area (Å²) in [6, 6.07) is 0. The van der Waals surface area contributed by atoms with Crippen LogP contribution < -0.4 is 16.0 Å². The summed E-state index contributed by atoms with van der Waals surface area (Å²) in [7, 11) is 0. The Kier molecular flexibility index (Phi) is 7.59. The van der Waals surface area contributed by atoms with E-state index in [0.29, 0.717) is 25.4 Å². The van der Waals surface area contributed by atoms with E-state index in [1.54, 1.807) is 0 Å². The van der Waals surface area contributed by atoms with Crippen LogP contribution in [-0.4, -0.2) is 37.0 Å². The van der Waals surface area contributed by atoms with E-state index >= 15 is 0 Å². The molecule has 0 bridgehead atoms. The van der Waals surface area contributed by atoms with Crippen molar-refractivity contribution in [2.75, 3.05) is 19.6 Å². The summed E-state index contributed by atoms with van der Waals surface area (Å²) < 4.78 is 0. The molecule has 0 aromatic rings. The Morgan fingerprint density at radius 1 is 1.06 bits per heavy atom. The summed E-state index contributed by atoms with van der Waals surface area (Å²) in [5.41, 5.74) is 0.00885. The van der Waals surface area contributed by atoms with E-state index in [-0.39, 0.29) is 23.9 Å². The minimum absolute atomic E-state index is 0.00885. The number of nitrogens with one attached hydrogen (secondary N) is 3.